The maximum absolute atomic E-state index is 12.4. The molecule has 9 heavy (non-hydrogen) atoms. The summed E-state index contributed by atoms with van der Waals surface area (Å²) in [4.78, 5) is 0. The summed E-state index contributed by atoms with van der Waals surface area (Å²) in [7, 11) is 0. The van der Waals surface area contributed by atoms with Crippen molar-refractivity contribution in [2.75, 3.05) is 0 Å². The van der Waals surface area contributed by atoms with Crippen LogP contribution in [-0.2, 0) is 0 Å². The van der Waals surface area contributed by atoms with E-state index in [4.69, 9.17) is 0 Å². The fraction of sp³-hybridized carbons (Fsp3) is 0.250. The Kier molecular flexibility index (Phi) is 1.83. The topological polar surface area (TPSA) is 0 Å². The van der Waals surface area contributed by atoms with Crippen LogP contribution < -0.4 is 0 Å². The zero-order valence-corrected chi connectivity index (χ0v) is 5.39. The Labute approximate surface area is 54.4 Å². The molecule has 1 aliphatic carbocycles. The monoisotopic (exact) mass is 124 g/mol. The predicted molar refractivity (Wildman–Crippen MR) is 36.7 cm³/mol. The highest BCUT2D eigenvalue weighted by atomic mass is 19.1. The Balaban J connectivity index is 2.82. The van der Waals surface area contributed by atoms with Crippen molar-refractivity contribution in [3.8, 4) is 0 Å². The molecule has 0 radical (unpaired) electrons. The molecule has 0 nitrogen and oxygen atoms in total. The van der Waals surface area contributed by atoms with Gasteiger partial charge in [0.15, 0.2) is 0 Å². The Morgan fingerprint density at radius 3 is 3.11 bits per heavy atom. The molecule has 0 atom stereocenters. The molecule has 0 aliphatic heterocycles. The molecule has 0 aromatic carbocycles. The quantitative estimate of drug-likeness (QED) is 0.465. The molecule has 0 saturated carbocycles. The summed E-state index contributed by atoms with van der Waals surface area (Å²) in [6.07, 6.45) is 7.66. The van der Waals surface area contributed by atoms with Crippen molar-refractivity contribution in [2.24, 2.45) is 0 Å². The first kappa shape index (κ1) is 6.27. The van der Waals surface area contributed by atoms with Gasteiger partial charge in [0, 0.05) is 0 Å². The molecule has 0 saturated heterocycles. The Hall–Kier alpha value is -0.850. The number of hydrogen-bond donors (Lipinski definition) is 0. The fourth-order valence-electron chi connectivity index (χ4n) is 0.759. The minimum absolute atomic E-state index is 0.152. The molecular formula is C8H9F. The molecule has 0 unspecified atom stereocenters. The van der Waals surface area contributed by atoms with E-state index >= 15 is 0 Å². The highest BCUT2D eigenvalue weighted by Gasteiger charge is 1.91. The number of rotatable bonds is 0. The van der Waals surface area contributed by atoms with Gasteiger partial charge in [0.05, 0.1) is 0 Å². The van der Waals surface area contributed by atoms with Crippen LogP contribution in [0.2, 0.25) is 0 Å². The lowest BCUT2D eigenvalue weighted by Crippen LogP contribution is -1.65. The Morgan fingerprint density at radius 1 is 1.56 bits per heavy atom. The van der Waals surface area contributed by atoms with Gasteiger partial charge in [-0.3, -0.25) is 0 Å². The van der Waals surface area contributed by atoms with Crippen LogP contribution in [0.5, 0.6) is 0 Å². The Bertz CT molecular complexity index is 185. The van der Waals surface area contributed by atoms with Gasteiger partial charge in [-0.25, -0.2) is 4.39 Å². The van der Waals surface area contributed by atoms with Crippen molar-refractivity contribution in [3.63, 3.8) is 0 Å². The van der Waals surface area contributed by atoms with E-state index in [9.17, 15) is 4.39 Å². The highest BCUT2D eigenvalue weighted by molar-refractivity contribution is 5.28. The minimum atomic E-state index is -0.152. The van der Waals surface area contributed by atoms with Crippen LogP contribution in [0.15, 0.2) is 35.7 Å². The predicted octanol–water partition coefficient (Wildman–Crippen LogP) is 2.75. The van der Waals surface area contributed by atoms with E-state index in [-0.39, 0.29) is 5.83 Å². The van der Waals surface area contributed by atoms with Crippen LogP contribution in [0.3, 0.4) is 0 Å². The van der Waals surface area contributed by atoms with Crippen LogP contribution in [0.1, 0.15) is 13.3 Å². The highest BCUT2D eigenvalue weighted by Crippen LogP contribution is 2.10. The van der Waals surface area contributed by atoms with Gasteiger partial charge >= 0.3 is 0 Å². The molecule has 1 aliphatic rings. The number of allylic oxidation sites excluding steroid dienone is 6. The third-order valence-electron chi connectivity index (χ3n) is 1.22. The molecule has 0 heterocycles. The van der Waals surface area contributed by atoms with Crippen LogP contribution in [-0.4, -0.2) is 0 Å². The molecule has 0 bridgehead atoms. The molecule has 0 fully saturated rings. The molecule has 48 valence electrons. The van der Waals surface area contributed by atoms with Crippen LogP contribution >= 0.6 is 0 Å². The van der Waals surface area contributed by atoms with E-state index in [0.717, 1.165) is 12.0 Å². The normalized spacial score (nSPS) is 18.4. The molecular weight excluding hydrogens is 115 g/mol. The lowest BCUT2D eigenvalue weighted by Gasteiger charge is -1.85. The zero-order chi connectivity index (χ0) is 6.69. The third-order valence-corrected chi connectivity index (χ3v) is 1.22. The van der Waals surface area contributed by atoms with Crippen LogP contribution in [0, 0.1) is 0 Å². The van der Waals surface area contributed by atoms with Gasteiger partial charge < -0.3 is 0 Å². The molecule has 0 N–H and O–H groups in total. The minimum Gasteiger partial charge on any atom is -0.207 e. The summed E-state index contributed by atoms with van der Waals surface area (Å²) in [6.45, 7) is 1.90. The summed E-state index contributed by atoms with van der Waals surface area (Å²) >= 11 is 0. The average molecular weight is 124 g/mol. The number of halogens is 1. The van der Waals surface area contributed by atoms with Crippen molar-refractivity contribution in [2.45, 2.75) is 13.3 Å². The summed E-state index contributed by atoms with van der Waals surface area (Å²) in [5.41, 5.74) is 0.998. The van der Waals surface area contributed by atoms with Gasteiger partial charge in [0.1, 0.15) is 5.83 Å². The van der Waals surface area contributed by atoms with Crippen molar-refractivity contribution in [1.29, 1.82) is 0 Å². The maximum atomic E-state index is 12.4. The summed E-state index contributed by atoms with van der Waals surface area (Å²) in [6, 6.07) is 0. The van der Waals surface area contributed by atoms with Crippen molar-refractivity contribution in [3.05, 3.63) is 35.7 Å². The first-order valence-corrected chi connectivity index (χ1v) is 2.99. The van der Waals surface area contributed by atoms with Crippen molar-refractivity contribution < 1.29 is 4.39 Å². The number of hydrogen-bond acceptors (Lipinski definition) is 0. The second kappa shape index (κ2) is 2.62. The summed E-state index contributed by atoms with van der Waals surface area (Å²) < 4.78 is 12.4. The van der Waals surface area contributed by atoms with Gasteiger partial charge in [-0.2, -0.15) is 0 Å². The van der Waals surface area contributed by atoms with Gasteiger partial charge in [-0.1, -0.05) is 17.7 Å². The molecule has 0 aromatic rings. The van der Waals surface area contributed by atoms with Gasteiger partial charge in [-0.05, 0) is 25.5 Å². The average Bonchev–Trinajstić information content (AvgIpc) is 1.93. The molecule has 0 aromatic heterocycles. The first-order valence-electron chi connectivity index (χ1n) is 2.99. The Morgan fingerprint density at radius 2 is 2.33 bits per heavy atom. The van der Waals surface area contributed by atoms with Gasteiger partial charge in [0.25, 0.3) is 0 Å². The van der Waals surface area contributed by atoms with E-state index < -0.39 is 0 Å². The smallest absolute Gasteiger partial charge is 0.123 e. The molecule has 0 amide bonds. The second-order valence-electron chi connectivity index (χ2n) is 2.12. The largest absolute Gasteiger partial charge is 0.207 e. The van der Waals surface area contributed by atoms with E-state index in [1.54, 1.807) is 0 Å². The maximum Gasteiger partial charge on any atom is 0.123 e. The standard InChI is InChI=1S/C8H9F/c1-7-4-2-3-5-8(9)6-7/h3-6H,2H2,1H3. The lowest BCUT2D eigenvalue weighted by molar-refractivity contribution is 0.666. The summed E-state index contributed by atoms with van der Waals surface area (Å²) in [5, 5.41) is 0. The third kappa shape index (κ3) is 1.84. The van der Waals surface area contributed by atoms with E-state index in [0.29, 0.717) is 0 Å². The van der Waals surface area contributed by atoms with Gasteiger partial charge in [0.2, 0.25) is 0 Å². The van der Waals surface area contributed by atoms with Crippen LogP contribution in [0.4, 0.5) is 4.39 Å². The zero-order valence-electron chi connectivity index (χ0n) is 5.39. The molecule has 1 rings (SSSR count). The van der Waals surface area contributed by atoms with E-state index in [2.05, 4.69) is 0 Å². The van der Waals surface area contributed by atoms with Crippen molar-refractivity contribution >= 4 is 0 Å². The molecule has 1 heteroatoms. The fourth-order valence-corrected chi connectivity index (χ4v) is 0.759. The molecule has 0 spiro atoms. The first-order chi connectivity index (χ1) is 4.29. The summed E-state index contributed by atoms with van der Waals surface area (Å²) in [5.74, 6) is -0.152. The lowest BCUT2D eigenvalue weighted by atomic mass is 10.2. The van der Waals surface area contributed by atoms with E-state index in [1.165, 1.54) is 12.2 Å². The van der Waals surface area contributed by atoms with E-state index in [1.807, 2.05) is 19.1 Å². The second-order valence-corrected chi connectivity index (χ2v) is 2.12. The van der Waals surface area contributed by atoms with Gasteiger partial charge in [-0.15, -0.1) is 0 Å². The van der Waals surface area contributed by atoms with Crippen molar-refractivity contribution in [1.82, 2.24) is 0 Å². The van der Waals surface area contributed by atoms with Crippen LogP contribution in [0.25, 0.3) is 0 Å². The SMILES string of the molecule is CC1=CCC=CC(F)=C1.